The minimum Gasteiger partial charge on any atom is -0.319 e. The highest BCUT2D eigenvalue weighted by atomic mass is 79.9. The number of rotatable bonds is 3. The van der Waals surface area contributed by atoms with E-state index in [4.69, 9.17) is 5.84 Å². The molecular formula is C13H11BrF2N4O. The highest BCUT2D eigenvalue weighted by Gasteiger charge is 2.13. The molecule has 5 nitrogen and oxygen atoms in total. The zero-order valence-corrected chi connectivity index (χ0v) is 12.5. The normalized spacial score (nSPS) is 10.3. The van der Waals surface area contributed by atoms with E-state index in [0.717, 1.165) is 12.1 Å². The zero-order chi connectivity index (χ0) is 15.6. The number of hydrogen-bond acceptors (Lipinski definition) is 4. The van der Waals surface area contributed by atoms with Gasteiger partial charge in [-0.05, 0) is 41.1 Å². The number of nitrogen functional groups attached to an aromatic ring is 1. The first-order valence-corrected chi connectivity index (χ1v) is 6.61. The average Bonchev–Trinajstić information content (AvgIpc) is 2.43. The van der Waals surface area contributed by atoms with Gasteiger partial charge in [0.25, 0.3) is 5.91 Å². The third kappa shape index (κ3) is 3.53. The molecule has 0 saturated heterocycles. The first kappa shape index (κ1) is 15.3. The third-order valence-corrected chi connectivity index (χ3v) is 3.23. The molecule has 110 valence electrons. The topological polar surface area (TPSA) is 80.0 Å². The van der Waals surface area contributed by atoms with Crippen LogP contribution in [0.2, 0.25) is 0 Å². The molecule has 4 N–H and O–H groups in total. The van der Waals surface area contributed by atoms with Crippen LogP contribution in [0.15, 0.2) is 28.7 Å². The van der Waals surface area contributed by atoms with Crippen LogP contribution >= 0.6 is 15.9 Å². The Morgan fingerprint density at radius 1 is 1.24 bits per heavy atom. The molecule has 2 rings (SSSR count). The molecule has 1 amide bonds. The smallest absolute Gasteiger partial charge is 0.255 e. The number of pyridine rings is 1. The lowest BCUT2D eigenvalue weighted by atomic mass is 10.2. The number of anilines is 2. The first-order valence-electron chi connectivity index (χ1n) is 5.82. The maximum Gasteiger partial charge on any atom is 0.255 e. The number of nitrogens with two attached hydrogens (primary N) is 1. The summed E-state index contributed by atoms with van der Waals surface area (Å²) in [6.45, 7) is 1.68. The highest BCUT2D eigenvalue weighted by Crippen LogP contribution is 2.24. The van der Waals surface area contributed by atoms with Gasteiger partial charge in [0.1, 0.15) is 17.5 Å². The van der Waals surface area contributed by atoms with Crippen LogP contribution in [0, 0.1) is 18.6 Å². The monoisotopic (exact) mass is 356 g/mol. The van der Waals surface area contributed by atoms with Gasteiger partial charge in [0.2, 0.25) is 0 Å². The van der Waals surface area contributed by atoms with Crippen LogP contribution in [0.3, 0.4) is 0 Å². The summed E-state index contributed by atoms with van der Waals surface area (Å²) in [5.74, 6) is 3.51. The van der Waals surface area contributed by atoms with Crippen molar-refractivity contribution >= 4 is 33.3 Å². The molecule has 21 heavy (non-hydrogen) atoms. The van der Waals surface area contributed by atoms with E-state index in [9.17, 15) is 13.6 Å². The molecule has 0 radical (unpaired) electrons. The maximum atomic E-state index is 13.7. The van der Waals surface area contributed by atoms with Gasteiger partial charge in [0.15, 0.2) is 0 Å². The molecule has 0 atom stereocenters. The SMILES string of the molecule is Cc1cc(C(=O)Nc2cc(F)c(Br)cc2F)cc(NN)n1. The fraction of sp³-hybridized carbons (Fsp3) is 0.0769. The van der Waals surface area contributed by atoms with Gasteiger partial charge in [-0.3, -0.25) is 4.79 Å². The number of benzene rings is 1. The number of carbonyl (C=O) groups is 1. The second-order valence-electron chi connectivity index (χ2n) is 4.23. The Balaban J connectivity index is 2.30. The minimum absolute atomic E-state index is 0.0210. The Labute approximate surface area is 127 Å². The van der Waals surface area contributed by atoms with Crippen LogP contribution in [0.5, 0.6) is 0 Å². The number of carbonyl (C=O) groups excluding carboxylic acids is 1. The van der Waals surface area contributed by atoms with Crippen LogP contribution in [0.25, 0.3) is 0 Å². The number of halogens is 3. The van der Waals surface area contributed by atoms with E-state index in [1.807, 2.05) is 0 Å². The number of amides is 1. The van der Waals surface area contributed by atoms with Crippen LogP contribution in [-0.2, 0) is 0 Å². The summed E-state index contributed by atoms with van der Waals surface area (Å²) in [5.41, 5.74) is 2.85. The summed E-state index contributed by atoms with van der Waals surface area (Å²) in [4.78, 5) is 16.1. The highest BCUT2D eigenvalue weighted by molar-refractivity contribution is 9.10. The van der Waals surface area contributed by atoms with Gasteiger partial charge in [0.05, 0.1) is 10.2 Å². The standard InChI is InChI=1S/C13H11BrF2N4O/c1-6-2-7(3-12(18-6)20-17)13(21)19-11-5-9(15)8(14)4-10(11)16/h2-5H,17H2,1H3,(H,18,20)(H,19,21). The minimum atomic E-state index is -0.750. The van der Waals surface area contributed by atoms with Crippen molar-refractivity contribution in [2.45, 2.75) is 6.92 Å². The summed E-state index contributed by atoms with van der Waals surface area (Å²) in [5, 5.41) is 2.30. The molecule has 8 heteroatoms. The van der Waals surface area contributed by atoms with E-state index in [1.54, 1.807) is 6.92 Å². The van der Waals surface area contributed by atoms with Crippen molar-refractivity contribution < 1.29 is 13.6 Å². The van der Waals surface area contributed by atoms with Crippen LogP contribution in [-0.4, -0.2) is 10.9 Å². The zero-order valence-electron chi connectivity index (χ0n) is 10.9. The van der Waals surface area contributed by atoms with Gasteiger partial charge in [-0.15, -0.1) is 0 Å². The fourth-order valence-electron chi connectivity index (χ4n) is 1.69. The third-order valence-electron chi connectivity index (χ3n) is 2.62. The summed E-state index contributed by atoms with van der Waals surface area (Å²) >= 11 is 2.86. The maximum absolute atomic E-state index is 13.7. The molecular weight excluding hydrogens is 346 g/mol. The molecule has 0 unspecified atom stereocenters. The Bertz CT molecular complexity index is 709. The molecule has 1 heterocycles. The van der Waals surface area contributed by atoms with Crippen molar-refractivity contribution in [3.63, 3.8) is 0 Å². The van der Waals surface area contributed by atoms with E-state index in [2.05, 4.69) is 31.7 Å². The molecule has 0 bridgehead atoms. The number of aryl methyl sites for hydroxylation is 1. The summed E-state index contributed by atoms with van der Waals surface area (Å²) < 4.78 is 27.0. The Hall–Kier alpha value is -2.06. The van der Waals surface area contributed by atoms with Crippen molar-refractivity contribution in [3.05, 3.63) is 51.6 Å². The van der Waals surface area contributed by atoms with Crippen molar-refractivity contribution in [1.29, 1.82) is 0 Å². The van der Waals surface area contributed by atoms with Crippen molar-refractivity contribution in [1.82, 2.24) is 4.98 Å². The van der Waals surface area contributed by atoms with Gasteiger partial charge < -0.3 is 10.7 Å². The second kappa shape index (κ2) is 6.15. The molecule has 0 aliphatic heterocycles. The van der Waals surface area contributed by atoms with Crippen LogP contribution in [0.4, 0.5) is 20.3 Å². The van der Waals surface area contributed by atoms with Gasteiger partial charge in [-0.2, -0.15) is 0 Å². The average molecular weight is 357 g/mol. The molecule has 0 aliphatic rings. The van der Waals surface area contributed by atoms with Gasteiger partial charge in [-0.25, -0.2) is 19.6 Å². The lowest BCUT2D eigenvalue weighted by molar-refractivity contribution is 0.102. The number of hydrazine groups is 1. The number of nitrogens with zero attached hydrogens (tertiary/aromatic N) is 1. The molecule has 0 fully saturated rings. The predicted octanol–water partition coefficient (Wildman–Crippen LogP) is 2.97. The van der Waals surface area contributed by atoms with Crippen molar-refractivity contribution in [3.8, 4) is 0 Å². The van der Waals surface area contributed by atoms with Crippen molar-refractivity contribution in [2.24, 2.45) is 5.84 Å². The lowest BCUT2D eigenvalue weighted by Gasteiger charge is -2.09. The van der Waals surface area contributed by atoms with Crippen molar-refractivity contribution in [2.75, 3.05) is 10.7 Å². The van der Waals surface area contributed by atoms with E-state index in [-0.39, 0.29) is 15.7 Å². The van der Waals surface area contributed by atoms with Gasteiger partial charge in [0, 0.05) is 17.3 Å². The van der Waals surface area contributed by atoms with E-state index >= 15 is 0 Å². The number of hydrogen-bond donors (Lipinski definition) is 3. The molecule has 0 saturated carbocycles. The van der Waals surface area contributed by atoms with Crippen LogP contribution in [0.1, 0.15) is 16.1 Å². The second-order valence-corrected chi connectivity index (χ2v) is 5.08. The Morgan fingerprint density at radius 3 is 2.62 bits per heavy atom. The fourth-order valence-corrected chi connectivity index (χ4v) is 2.00. The molecule has 1 aromatic carbocycles. The van der Waals surface area contributed by atoms with Gasteiger partial charge >= 0.3 is 0 Å². The van der Waals surface area contributed by atoms with Crippen LogP contribution < -0.4 is 16.6 Å². The quantitative estimate of drug-likeness (QED) is 0.448. The summed E-state index contributed by atoms with van der Waals surface area (Å²) in [7, 11) is 0. The number of nitrogens with one attached hydrogen (secondary N) is 2. The lowest BCUT2D eigenvalue weighted by Crippen LogP contribution is -2.16. The molecule has 0 spiro atoms. The van der Waals surface area contributed by atoms with Gasteiger partial charge in [-0.1, -0.05) is 0 Å². The molecule has 1 aromatic heterocycles. The molecule has 0 aliphatic carbocycles. The summed E-state index contributed by atoms with van der Waals surface area (Å²) in [6, 6.07) is 4.74. The first-order chi connectivity index (χ1) is 9.90. The van der Waals surface area contributed by atoms with E-state index in [1.165, 1.54) is 12.1 Å². The summed E-state index contributed by atoms with van der Waals surface area (Å²) in [6.07, 6.45) is 0. The Kier molecular flexibility index (Phi) is 4.49. The molecule has 2 aromatic rings. The predicted molar refractivity (Wildman–Crippen MR) is 78.8 cm³/mol. The Morgan fingerprint density at radius 2 is 1.95 bits per heavy atom. The number of aromatic nitrogens is 1. The van der Waals surface area contributed by atoms with E-state index in [0.29, 0.717) is 11.5 Å². The van der Waals surface area contributed by atoms with E-state index < -0.39 is 17.5 Å². The largest absolute Gasteiger partial charge is 0.319 e.